The Morgan fingerprint density at radius 1 is 1.21 bits per heavy atom. The molecule has 19 heavy (non-hydrogen) atoms. The summed E-state index contributed by atoms with van der Waals surface area (Å²) in [4.78, 5) is 13.9. The highest BCUT2D eigenvalue weighted by Gasteiger charge is 2.34. The molecule has 3 heterocycles. The first kappa shape index (κ1) is 12.8. The van der Waals surface area contributed by atoms with Crippen LogP contribution in [0.1, 0.15) is 25.0 Å². The Bertz CT molecular complexity index is 418. The van der Waals surface area contributed by atoms with Gasteiger partial charge in [-0.25, -0.2) is 4.98 Å². The van der Waals surface area contributed by atoms with Crippen molar-refractivity contribution in [2.45, 2.75) is 37.9 Å². The molecule has 104 valence electrons. The van der Waals surface area contributed by atoms with Crippen LogP contribution < -0.4 is 5.32 Å². The van der Waals surface area contributed by atoms with Crippen molar-refractivity contribution in [3.63, 3.8) is 0 Å². The van der Waals surface area contributed by atoms with Crippen molar-refractivity contribution < 1.29 is 0 Å². The molecule has 2 unspecified atom stereocenters. The van der Waals surface area contributed by atoms with Gasteiger partial charge in [0, 0.05) is 38.8 Å². The average molecular weight is 261 g/mol. The molecule has 2 atom stereocenters. The number of fused-ring (bicyclic) bond motifs is 2. The third kappa shape index (κ3) is 2.72. The number of likely N-dealkylation sites (tertiary alicyclic amines) is 1. The summed E-state index contributed by atoms with van der Waals surface area (Å²) in [6, 6.07) is 1.53. The third-order valence-electron chi connectivity index (χ3n) is 4.58. The molecule has 1 aromatic heterocycles. The molecule has 5 nitrogen and oxygen atoms in total. The Morgan fingerprint density at radius 3 is 2.79 bits per heavy atom. The van der Waals surface area contributed by atoms with Gasteiger partial charge in [-0.3, -0.25) is 14.8 Å². The van der Waals surface area contributed by atoms with Gasteiger partial charge in [0.25, 0.3) is 0 Å². The Balaban J connectivity index is 1.63. The van der Waals surface area contributed by atoms with E-state index in [0.717, 1.165) is 30.1 Å². The lowest BCUT2D eigenvalue weighted by Crippen LogP contribution is -2.36. The molecule has 1 aromatic rings. The van der Waals surface area contributed by atoms with Crippen molar-refractivity contribution in [1.29, 1.82) is 0 Å². The van der Waals surface area contributed by atoms with E-state index in [1.807, 2.05) is 19.4 Å². The fourth-order valence-electron chi connectivity index (χ4n) is 3.32. The first-order valence-corrected chi connectivity index (χ1v) is 7.19. The summed E-state index contributed by atoms with van der Waals surface area (Å²) in [6.45, 7) is 3.28. The second kappa shape index (κ2) is 5.43. The van der Waals surface area contributed by atoms with Crippen molar-refractivity contribution in [2.24, 2.45) is 0 Å². The molecular formula is C14H23N5. The highest BCUT2D eigenvalue weighted by molar-refractivity contribution is 5.29. The van der Waals surface area contributed by atoms with Crippen LogP contribution in [0.25, 0.3) is 0 Å². The van der Waals surface area contributed by atoms with Crippen LogP contribution in [0.3, 0.4) is 0 Å². The SMILES string of the molecule is CNc1cnc(CN2CCC3CCC(C2)N3C)cn1. The average Bonchev–Trinajstić information content (AvgIpc) is 2.68. The third-order valence-corrected chi connectivity index (χ3v) is 4.58. The van der Waals surface area contributed by atoms with Crippen molar-refractivity contribution >= 4 is 5.82 Å². The molecule has 2 saturated heterocycles. The second-order valence-corrected chi connectivity index (χ2v) is 5.72. The van der Waals surface area contributed by atoms with Gasteiger partial charge in [-0.2, -0.15) is 0 Å². The molecule has 2 bridgehead atoms. The monoisotopic (exact) mass is 261 g/mol. The minimum Gasteiger partial charge on any atom is -0.372 e. The maximum atomic E-state index is 4.48. The first-order chi connectivity index (χ1) is 9.26. The second-order valence-electron chi connectivity index (χ2n) is 5.72. The number of aromatic nitrogens is 2. The van der Waals surface area contributed by atoms with Crippen LogP contribution in [-0.2, 0) is 6.54 Å². The minimum absolute atomic E-state index is 0.733. The van der Waals surface area contributed by atoms with E-state index in [9.17, 15) is 0 Å². The number of nitrogens with zero attached hydrogens (tertiary/aromatic N) is 4. The Kier molecular flexibility index (Phi) is 3.66. The summed E-state index contributed by atoms with van der Waals surface area (Å²) >= 11 is 0. The summed E-state index contributed by atoms with van der Waals surface area (Å²) in [6.07, 6.45) is 7.72. The Morgan fingerprint density at radius 2 is 2.05 bits per heavy atom. The van der Waals surface area contributed by atoms with Gasteiger partial charge in [-0.15, -0.1) is 0 Å². The van der Waals surface area contributed by atoms with Crippen molar-refractivity contribution in [2.75, 3.05) is 32.5 Å². The molecule has 0 spiro atoms. The van der Waals surface area contributed by atoms with Gasteiger partial charge >= 0.3 is 0 Å². The number of rotatable bonds is 3. The van der Waals surface area contributed by atoms with Crippen molar-refractivity contribution in [3.05, 3.63) is 18.1 Å². The van der Waals surface area contributed by atoms with Crippen LogP contribution in [0.5, 0.6) is 0 Å². The predicted octanol–water partition coefficient (Wildman–Crippen LogP) is 1.19. The highest BCUT2D eigenvalue weighted by Crippen LogP contribution is 2.28. The Hall–Kier alpha value is -1.20. The maximum absolute atomic E-state index is 4.48. The lowest BCUT2D eigenvalue weighted by Gasteiger charge is -2.25. The Labute approximate surface area is 115 Å². The van der Waals surface area contributed by atoms with Crippen LogP contribution in [0.15, 0.2) is 12.4 Å². The summed E-state index contributed by atoms with van der Waals surface area (Å²) in [5.74, 6) is 0.832. The van der Waals surface area contributed by atoms with E-state index in [0.29, 0.717) is 0 Å². The molecule has 0 saturated carbocycles. The summed E-state index contributed by atoms with van der Waals surface area (Å²) < 4.78 is 0. The fourth-order valence-corrected chi connectivity index (χ4v) is 3.32. The molecule has 0 aliphatic carbocycles. The van der Waals surface area contributed by atoms with Crippen molar-refractivity contribution in [1.82, 2.24) is 19.8 Å². The normalized spacial score (nSPS) is 28.3. The molecular weight excluding hydrogens is 238 g/mol. The predicted molar refractivity (Wildman–Crippen MR) is 76.0 cm³/mol. The van der Waals surface area contributed by atoms with E-state index >= 15 is 0 Å². The van der Waals surface area contributed by atoms with Crippen LogP contribution in [0, 0.1) is 0 Å². The quantitative estimate of drug-likeness (QED) is 0.885. The van der Waals surface area contributed by atoms with Crippen LogP contribution in [0.2, 0.25) is 0 Å². The van der Waals surface area contributed by atoms with Gasteiger partial charge in [-0.1, -0.05) is 0 Å². The molecule has 5 heteroatoms. The maximum Gasteiger partial charge on any atom is 0.144 e. The van der Waals surface area contributed by atoms with E-state index < -0.39 is 0 Å². The molecule has 3 rings (SSSR count). The molecule has 2 aliphatic heterocycles. The standard InChI is InChI=1S/C14H23N5/c1-15-14-8-16-11(7-17-14)9-19-6-5-12-3-4-13(10-19)18(12)2/h7-8,12-13H,3-6,9-10H2,1-2H3,(H,15,17). The topological polar surface area (TPSA) is 44.3 Å². The van der Waals surface area contributed by atoms with Crippen LogP contribution in [-0.4, -0.2) is 59.0 Å². The molecule has 2 aliphatic rings. The number of likely N-dealkylation sites (N-methyl/N-ethyl adjacent to an activating group) is 1. The summed E-state index contributed by atoms with van der Waals surface area (Å²) in [5.41, 5.74) is 1.07. The zero-order chi connectivity index (χ0) is 13.2. The van der Waals surface area contributed by atoms with E-state index in [1.165, 1.54) is 32.4 Å². The fraction of sp³-hybridized carbons (Fsp3) is 0.714. The highest BCUT2D eigenvalue weighted by atomic mass is 15.3. The van der Waals surface area contributed by atoms with Crippen LogP contribution in [0.4, 0.5) is 5.82 Å². The van der Waals surface area contributed by atoms with E-state index in [4.69, 9.17) is 0 Å². The molecule has 2 fully saturated rings. The minimum atomic E-state index is 0.733. The first-order valence-electron chi connectivity index (χ1n) is 7.19. The number of hydrogen-bond acceptors (Lipinski definition) is 5. The van der Waals surface area contributed by atoms with Gasteiger partial charge in [-0.05, 0) is 26.3 Å². The smallest absolute Gasteiger partial charge is 0.144 e. The summed E-state index contributed by atoms with van der Waals surface area (Å²) in [5, 5.41) is 3.00. The van der Waals surface area contributed by atoms with Gasteiger partial charge in [0.15, 0.2) is 0 Å². The van der Waals surface area contributed by atoms with Crippen molar-refractivity contribution in [3.8, 4) is 0 Å². The number of nitrogens with one attached hydrogen (secondary N) is 1. The summed E-state index contributed by atoms with van der Waals surface area (Å²) in [7, 11) is 4.15. The zero-order valence-electron chi connectivity index (χ0n) is 11.8. The van der Waals surface area contributed by atoms with E-state index in [2.05, 4.69) is 32.1 Å². The van der Waals surface area contributed by atoms with E-state index in [-0.39, 0.29) is 0 Å². The molecule has 0 amide bonds. The molecule has 0 radical (unpaired) electrons. The van der Waals surface area contributed by atoms with Gasteiger partial charge in [0.2, 0.25) is 0 Å². The van der Waals surface area contributed by atoms with Gasteiger partial charge in [0.1, 0.15) is 5.82 Å². The largest absolute Gasteiger partial charge is 0.372 e. The molecule has 0 aromatic carbocycles. The molecule has 1 N–H and O–H groups in total. The van der Waals surface area contributed by atoms with Gasteiger partial charge < -0.3 is 5.32 Å². The number of hydrogen-bond donors (Lipinski definition) is 1. The van der Waals surface area contributed by atoms with Crippen LogP contribution >= 0.6 is 0 Å². The van der Waals surface area contributed by atoms with E-state index in [1.54, 1.807) is 0 Å². The number of anilines is 1. The lowest BCUT2D eigenvalue weighted by molar-refractivity contribution is 0.213. The van der Waals surface area contributed by atoms with Gasteiger partial charge in [0.05, 0.1) is 18.1 Å². The lowest BCUT2D eigenvalue weighted by atomic mass is 10.1. The zero-order valence-corrected chi connectivity index (χ0v) is 11.8.